The molecule has 0 spiro atoms. The topological polar surface area (TPSA) is 102 Å². The number of rotatable bonds is 7. The van der Waals surface area contributed by atoms with Crippen molar-refractivity contribution < 1.29 is 23.9 Å². The van der Waals surface area contributed by atoms with Crippen LogP contribution in [0.3, 0.4) is 0 Å². The number of amides is 2. The van der Waals surface area contributed by atoms with Crippen molar-refractivity contribution in [2.45, 2.75) is 26.9 Å². The number of Topliss-reactive ketones (excluding diaryl/α,β-unsaturated/α-hetero) is 1. The van der Waals surface area contributed by atoms with Crippen LogP contribution >= 0.6 is 0 Å². The van der Waals surface area contributed by atoms with Gasteiger partial charge in [-0.1, -0.05) is 29.8 Å². The monoisotopic (exact) mass is 382 g/mol. The summed E-state index contributed by atoms with van der Waals surface area (Å²) in [7, 11) is 0. The van der Waals surface area contributed by atoms with Crippen molar-refractivity contribution >= 4 is 29.3 Å². The quantitative estimate of drug-likeness (QED) is 0.566. The summed E-state index contributed by atoms with van der Waals surface area (Å²) in [5.74, 6) is -1.93. The first kappa shape index (κ1) is 20.8. The van der Waals surface area contributed by atoms with Crippen LogP contribution in [-0.4, -0.2) is 36.2 Å². The van der Waals surface area contributed by atoms with E-state index in [0.29, 0.717) is 16.8 Å². The number of ketones is 1. The summed E-state index contributed by atoms with van der Waals surface area (Å²) in [6.45, 7) is 4.34. The summed E-state index contributed by atoms with van der Waals surface area (Å²) in [5, 5.41) is 5.02. The lowest BCUT2D eigenvalue weighted by Crippen LogP contribution is -2.36. The van der Waals surface area contributed by atoms with Gasteiger partial charge in [-0.3, -0.25) is 19.2 Å². The highest BCUT2D eigenvalue weighted by Crippen LogP contribution is 2.16. The zero-order valence-electron chi connectivity index (χ0n) is 15.9. The smallest absolute Gasteiger partial charge is 0.326 e. The van der Waals surface area contributed by atoms with Crippen molar-refractivity contribution in [1.82, 2.24) is 5.32 Å². The number of carbonyl (C=O) groups is 4. The van der Waals surface area contributed by atoms with Gasteiger partial charge in [-0.2, -0.15) is 0 Å². The van der Waals surface area contributed by atoms with Crippen LogP contribution in [0.25, 0.3) is 0 Å². The van der Waals surface area contributed by atoms with Gasteiger partial charge in [0.25, 0.3) is 11.8 Å². The van der Waals surface area contributed by atoms with Gasteiger partial charge < -0.3 is 15.4 Å². The molecule has 2 N–H and O–H groups in total. The molecule has 0 saturated carbocycles. The lowest BCUT2D eigenvalue weighted by molar-refractivity contribution is -0.152. The largest absolute Gasteiger partial charge is 0.451 e. The van der Waals surface area contributed by atoms with E-state index >= 15 is 0 Å². The molecule has 0 aliphatic carbocycles. The molecule has 7 heteroatoms. The number of para-hydroxylation sites is 1. The van der Waals surface area contributed by atoms with E-state index in [4.69, 9.17) is 4.74 Å². The molecule has 2 aromatic carbocycles. The van der Waals surface area contributed by atoms with Gasteiger partial charge in [0.2, 0.25) is 0 Å². The second-order valence-electron chi connectivity index (χ2n) is 6.27. The first-order valence-electron chi connectivity index (χ1n) is 8.73. The van der Waals surface area contributed by atoms with Gasteiger partial charge in [0.05, 0.1) is 5.69 Å². The highest BCUT2D eigenvalue weighted by molar-refractivity contribution is 6.04. The Hall–Kier alpha value is -3.48. The van der Waals surface area contributed by atoms with Gasteiger partial charge in [-0.05, 0) is 45.0 Å². The van der Waals surface area contributed by atoms with Crippen molar-refractivity contribution in [3.8, 4) is 0 Å². The summed E-state index contributed by atoms with van der Waals surface area (Å²) in [4.78, 5) is 47.7. The Labute approximate surface area is 163 Å². The van der Waals surface area contributed by atoms with Crippen LogP contribution in [0, 0.1) is 6.92 Å². The maximum absolute atomic E-state index is 12.2. The molecule has 0 aliphatic rings. The third-order valence-corrected chi connectivity index (χ3v) is 3.95. The maximum Gasteiger partial charge on any atom is 0.326 e. The van der Waals surface area contributed by atoms with E-state index in [2.05, 4.69) is 10.6 Å². The molecule has 0 radical (unpaired) electrons. The molecule has 1 atom stereocenters. The Bertz CT molecular complexity index is 890. The van der Waals surface area contributed by atoms with Crippen molar-refractivity contribution in [1.29, 1.82) is 0 Å². The number of carbonyl (C=O) groups excluding carboxylic acids is 4. The van der Waals surface area contributed by atoms with Crippen LogP contribution < -0.4 is 10.6 Å². The molecule has 2 rings (SSSR count). The SMILES string of the molecule is CC(=O)c1ccccc1NC(=O)C(C)OC(=O)CNC(=O)c1ccc(C)cc1. The van der Waals surface area contributed by atoms with Gasteiger partial charge in [-0.15, -0.1) is 0 Å². The number of benzene rings is 2. The third kappa shape index (κ3) is 5.77. The summed E-state index contributed by atoms with van der Waals surface area (Å²) in [6, 6.07) is 13.4. The van der Waals surface area contributed by atoms with Crippen molar-refractivity contribution in [2.75, 3.05) is 11.9 Å². The van der Waals surface area contributed by atoms with E-state index in [9.17, 15) is 19.2 Å². The van der Waals surface area contributed by atoms with Crippen LogP contribution in [0.2, 0.25) is 0 Å². The summed E-state index contributed by atoms with van der Waals surface area (Å²) in [5.41, 5.74) is 2.14. The third-order valence-electron chi connectivity index (χ3n) is 3.95. The number of hydrogen-bond acceptors (Lipinski definition) is 5. The molecule has 7 nitrogen and oxygen atoms in total. The number of ether oxygens (including phenoxy) is 1. The van der Waals surface area contributed by atoms with E-state index in [1.165, 1.54) is 13.8 Å². The highest BCUT2D eigenvalue weighted by atomic mass is 16.5. The van der Waals surface area contributed by atoms with Gasteiger partial charge in [0.1, 0.15) is 6.54 Å². The first-order valence-corrected chi connectivity index (χ1v) is 8.73. The summed E-state index contributed by atoms with van der Waals surface area (Å²) in [6.07, 6.45) is -1.09. The maximum atomic E-state index is 12.2. The van der Waals surface area contributed by atoms with Crippen molar-refractivity contribution in [3.05, 3.63) is 65.2 Å². The molecule has 0 saturated heterocycles. The Kier molecular flexibility index (Phi) is 7.03. The van der Waals surface area contributed by atoms with Gasteiger partial charge in [-0.25, -0.2) is 0 Å². The molecule has 1 unspecified atom stereocenters. The zero-order chi connectivity index (χ0) is 20.7. The fraction of sp³-hybridized carbons (Fsp3) is 0.238. The lowest BCUT2D eigenvalue weighted by atomic mass is 10.1. The van der Waals surface area contributed by atoms with E-state index in [1.807, 2.05) is 6.92 Å². The predicted octanol–water partition coefficient (Wildman–Crippen LogP) is 2.50. The zero-order valence-corrected chi connectivity index (χ0v) is 15.9. The molecular weight excluding hydrogens is 360 g/mol. The predicted molar refractivity (Wildman–Crippen MR) is 104 cm³/mol. The van der Waals surface area contributed by atoms with Gasteiger partial charge >= 0.3 is 5.97 Å². The Morgan fingerprint density at radius 2 is 1.64 bits per heavy atom. The van der Waals surface area contributed by atoms with Gasteiger partial charge in [0, 0.05) is 11.1 Å². The number of nitrogens with one attached hydrogen (secondary N) is 2. The molecule has 28 heavy (non-hydrogen) atoms. The Balaban J connectivity index is 1.86. The molecule has 0 aliphatic heterocycles. The summed E-state index contributed by atoms with van der Waals surface area (Å²) < 4.78 is 5.04. The molecular formula is C21H22N2O5. The van der Waals surface area contributed by atoms with Crippen LogP contribution in [0.4, 0.5) is 5.69 Å². The average Bonchev–Trinajstić information content (AvgIpc) is 2.66. The molecule has 2 amide bonds. The number of esters is 1. The molecule has 0 bridgehead atoms. The fourth-order valence-electron chi connectivity index (χ4n) is 2.39. The molecule has 146 valence electrons. The average molecular weight is 382 g/mol. The van der Waals surface area contributed by atoms with E-state index in [1.54, 1.807) is 48.5 Å². The second kappa shape index (κ2) is 9.45. The number of hydrogen-bond donors (Lipinski definition) is 2. The number of anilines is 1. The van der Waals surface area contributed by atoms with Gasteiger partial charge in [0.15, 0.2) is 11.9 Å². The Morgan fingerprint density at radius 1 is 1.00 bits per heavy atom. The molecule has 0 aromatic heterocycles. The van der Waals surface area contributed by atoms with Crippen LogP contribution in [0.5, 0.6) is 0 Å². The minimum absolute atomic E-state index is 0.195. The lowest BCUT2D eigenvalue weighted by Gasteiger charge is -2.15. The standard InChI is InChI=1S/C21H22N2O5/c1-13-8-10-16(11-9-13)21(27)22-12-19(25)28-15(3)20(26)23-18-7-5-4-6-17(18)14(2)24/h4-11,15H,12H2,1-3H3,(H,22,27)(H,23,26). The first-order chi connectivity index (χ1) is 13.3. The van der Waals surface area contributed by atoms with Crippen molar-refractivity contribution in [3.63, 3.8) is 0 Å². The Morgan fingerprint density at radius 3 is 2.29 bits per heavy atom. The normalized spacial score (nSPS) is 11.2. The van der Waals surface area contributed by atoms with Crippen molar-refractivity contribution in [2.24, 2.45) is 0 Å². The number of aryl methyl sites for hydroxylation is 1. The summed E-state index contributed by atoms with van der Waals surface area (Å²) >= 11 is 0. The van der Waals surface area contributed by atoms with Crippen LogP contribution in [0.1, 0.15) is 40.1 Å². The van der Waals surface area contributed by atoms with Crippen LogP contribution in [-0.2, 0) is 14.3 Å². The minimum Gasteiger partial charge on any atom is -0.451 e. The van der Waals surface area contributed by atoms with Crippen LogP contribution in [0.15, 0.2) is 48.5 Å². The fourth-order valence-corrected chi connectivity index (χ4v) is 2.39. The van der Waals surface area contributed by atoms with E-state index in [-0.39, 0.29) is 12.3 Å². The molecule has 0 fully saturated rings. The highest BCUT2D eigenvalue weighted by Gasteiger charge is 2.20. The van der Waals surface area contributed by atoms with E-state index in [0.717, 1.165) is 5.56 Å². The molecule has 0 heterocycles. The van der Waals surface area contributed by atoms with E-state index < -0.39 is 23.9 Å². The minimum atomic E-state index is -1.09. The second-order valence-corrected chi connectivity index (χ2v) is 6.27. The molecule has 2 aromatic rings.